The van der Waals surface area contributed by atoms with Crippen LogP contribution in [0.4, 0.5) is 0 Å². The largest absolute Gasteiger partial charge is 0.375 e. The van der Waals surface area contributed by atoms with E-state index in [2.05, 4.69) is 19.9 Å². The van der Waals surface area contributed by atoms with Gasteiger partial charge in [0.25, 0.3) is 0 Å². The summed E-state index contributed by atoms with van der Waals surface area (Å²) in [7, 11) is 0. The molecule has 0 amide bonds. The first kappa shape index (κ1) is 12.9. The van der Waals surface area contributed by atoms with Gasteiger partial charge in [-0.05, 0) is 44.9 Å². The van der Waals surface area contributed by atoms with Crippen LogP contribution >= 0.6 is 0 Å². The van der Waals surface area contributed by atoms with Gasteiger partial charge in [-0.25, -0.2) is 0 Å². The number of ether oxygens (including phenoxy) is 1. The minimum atomic E-state index is -0.0757. The normalized spacial score (nSPS) is 42.3. The van der Waals surface area contributed by atoms with Crippen LogP contribution in [0.5, 0.6) is 0 Å². The molecular formula is C15H25NO. The quantitative estimate of drug-likeness (QED) is 0.739. The summed E-state index contributed by atoms with van der Waals surface area (Å²) in [6.45, 7) is 4.40. The predicted octanol–water partition coefficient (Wildman–Crippen LogP) is 4.05. The first-order chi connectivity index (χ1) is 8.17. The third-order valence-electron chi connectivity index (χ3n) is 4.70. The van der Waals surface area contributed by atoms with E-state index in [4.69, 9.17) is 4.74 Å². The van der Waals surface area contributed by atoms with Crippen molar-refractivity contribution < 1.29 is 4.74 Å². The highest BCUT2D eigenvalue weighted by atomic mass is 16.5. The molecule has 0 bridgehead atoms. The Hall–Kier alpha value is -0.550. The molecule has 2 aliphatic rings. The van der Waals surface area contributed by atoms with Crippen molar-refractivity contribution in [2.24, 2.45) is 11.3 Å². The van der Waals surface area contributed by atoms with Crippen LogP contribution in [-0.4, -0.2) is 12.2 Å². The second-order valence-electron chi connectivity index (χ2n) is 6.11. The summed E-state index contributed by atoms with van der Waals surface area (Å²) < 4.78 is 5.91. The summed E-state index contributed by atoms with van der Waals surface area (Å²) in [6, 6.07) is 2.64. The molecule has 0 N–H and O–H groups in total. The molecule has 0 aromatic heterocycles. The molecule has 1 saturated heterocycles. The summed E-state index contributed by atoms with van der Waals surface area (Å²) in [4.78, 5) is 0. The SMILES string of the molecule is CCC1CCCC(C#N)(CC2CCC(C)O2)C1. The molecule has 2 heteroatoms. The van der Waals surface area contributed by atoms with Gasteiger partial charge in [0.15, 0.2) is 0 Å². The molecular weight excluding hydrogens is 210 g/mol. The van der Waals surface area contributed by atoms with Crippen LogP contribution in [-0.2, 0) is 4.74 Å². The Morgan fingerprint density at radius 2 is 2.18 bits per heavy atom. The smallest absolute Gasteiger partial charge is 0.0690 e. The first-order valence-electron chi connectivity index (χ1n) is 7.24. The molecule has 17 heavy (non-hydrogen) atoms. The van der Waals surface area contributed by atoms with Gasteiger partial charge in [-0.2, -0.15) is 5.26 Å². The van der Waals surface area contributed by atoms with E-state index in [1.54, 1.807) is 0 Å². The molecule has 1 aliphatic carbocycles. The van der Waals surface area contributed by atoms with Gasteiger partial charge in [0.05, 0.1) is 23.7 Å². The van der Waals surface area contributed by atoms with E-state index in [9.17, 15) is 5.26 Å². The molecule has 0 radical (unpaired) electrons. The fourth-order valence-electron chi connectivity index (χ4n) is 3.64. The van der Waals surface area contributed by atoms with Crippen LogP contribution in [0.25, 0.3) is 0 Å². The Kier molecular flexibility index (Phi) is 4.09. The van der Waals surface area contributed by atoms with Crippen LogP contribution in [0.3, 0.4) is 0 Å². The topological polar surface area (TPSA) is 33.0 Å². The van der Waals surface area contributed by atoms with Gasteiger partial charge < -0.3 is 4.74 Å². The Balaban J connectivity index is 1.97. The average Bonchev–Trinajstić information content (AvgIpc) is 2.75. The lowest BCUT2D eigenvalue weighted by atomic mass is 9.67. The van der Waals surface area contributed by atoms with E-state index in [1.807, 2.05) is 0 Å². The van der Waals surface area contributed by atoms with E-state index in [0.717, 1.165) is 31.6 Å². The van der Waals surface area contributed by atoms with E-state index in [-0.39, 0.29) is 5.41 Å². The van der Waals surface area contributed by atoms with Crippen molar-refractivity contribution in [1.82, 2.24) is 0 Å². The molecule has 4 atom stereocenters. The van der Waals surface area contributed by atoms with Gasteiger partial charge in [-0.1, -0.05) is 26.2 Å². The molecule has 2 nitrogen and oxygen atoms in total. The minimum Gasteiger partial charge on any atom is -0.375 e. The second-order valence-corrected chi connectivity index (χ2v) is 6.11. The molecule has 4 unspecified atom stereocenters. The molecule has 2 fully saturated rings. The van der Waals surface area contributed by atoms with Gasteiger partial charge in [0, 0.05) is 0 Å². The zero-order valence-electron chi connectivity index (χ0n) is 11.2. The summed E-state index contributed by atoms with van der Waals surface area (Å²) >= 11 is 0. The second kappa shape index (κ2) is 5.40. The monoisotopic (exact) mass is 235 g/mol. The van der Waals surface area contributed by atoms with Crippen molar-refractivity contribution in [3.63, 3.8) is 0 Å². The van der Waals surface area contributed by atoms with E-state index in [0.29, 0.717) is 12.2 Å². The molecule has 0 spiro atoms. The average molecular weight is 235 g/mol. The highest BCUT2D eigenvalue weighted by Gasteiger charge is 2.39. The maximum absolute atomic E-state index is 9.58. The van der Waals surface area contributed by atoms with E-state index >= 15 is 0 Å². The summed E-state index contributed by atoms with van der Waals surface area (Å²) in [5.74, 6) is 0.766. The number of nitrogens with zero attached hydrogens (tertiary/aromatic N) is 1. The van der Waals surface area contributed by atoms with Crippen molar-refractivity contribution in [3.05, 3.63) is 0 Å². The van der Waals surface area contributed by atoms with Crippen LogP contribution in [0, 0.1) is 22.7 Å². The molecule has 0 aromatic rings. The van der Waals surface area contributed by atoms with Crippen LogP contribution < -0.4 is 0 Å². The number of nitriles is 1. The third kappa shape index (κ3) is 3.01. The fourth-order valence-corrected chi connectivity index (χ4v) is 3.64. The van der Waals surface area contributed by atoms with Gasteiger partial charge in [-0.15, -0.1) is 0 Å². The maximum Gasteiger partial charge on any atom is 0.0690 e. The van der Waals surface area contributed by atoms with Crippen molar-refractivity contribution in [1.29, 1.82) is 5.26 Å². The highest BCUT2D eigenvalue weighted by molar-refractivity contribution is 5.03. The van der Waals surface area contributed by atoms with E-state index < -0.39 is 0 Å². The number of hydrogen-bond donors (Lipinski definition) is 0. The van der Waals surface area contributed by atoms with Crippen molar-refractivity contribution >= 4 is 0 Å². The molecule has 0 aromatic carbocycles. The Morgan fingerprint density at radius 1 is 1.35 bits per heavy atom. The third-order valence-corrected chi connectivity index (χ3v) is 4.70. The lowest BCUT2D eigenvalue weighted by molar-refractivity contribution is 0.0197. The van der Waals surface area contributed by atoms with Crippen molar-refractivity contribution in [2.45, 2.75) is 77.4 Å². The molecule has 2 rings (SSSR count). The predicted molar refractivity (Wildman–Crippen MR) is 68.5 cm³/mol. The fraction of sp³-hybridized carbons (Fsp3) is 0.933. The van der Waals surface area contributed by atoms with E-state index in [1.165, 1.54) is 25.7 Å². The minimum absolute atomic E-state index is 0.0757. The zero-order chi connectivity index (χ0) is 12.3. The molecule has 1 heterocycles. The van der Waals surface area contributed by atoms with Crippen LogP contribution in [0.15, 0.2) is 0 Å². The Bertz CT molecular complexity index is 296. The van der Waals surface area contributed by atoms with Gasteiger partial charge in [-0.3, -0.25) is 0 Å². The summed E-state index contributed by atoms with van der Waals surface area (Å²) in [5.41, 5.74) is -0.0757. The first-order valence-corrected chi connectivity index (χ1v) is 7.24. The Labute approximate surface area is 105 Å². The lowest BCUT2D eigenvalue weighted by Gasteiger charge is -2.37. The number of rotatable bonds is 3. The van der Waals surface area contributed by atoms with Crippen LogP contribution in [0.2, 0.25) is 0 Å². The zero-order valence-corrected chi connectivity index (χ0v) is 11.2. The van der Waals surface area contributed by atoms with Gasteiger partial charge in [0.1, 0.15) is 0 Å². The number of hydrogen-bond acceptors (Lipinski definition) is 2. The van der Waals surface area contributed by atoms with Gasteiger partial charge in [0.2, 0.25) is 0 Å². The highest BCUT2D eigenvalue weighted by Crippen LogP contribution is 2.45. The Morgan fingerprint density at radius 3 is 2.76 bits per heavy atom. The molecule has 96 valence electrons. The maximum atomic E-state index is 9.58. The van der Waals surface area contributed by atoms with Gasteiger partial charge >= 0.3 is 0 Å². The summed E-state index contributed by atoms with van der Waals surface area (Å²) in [6.07, 6.45) is 10.0. The molecule has 1 aliphatic heterocycles. The van der Waals surface area contributed by atoms with Crippen LogP contribution in [0.1, 0.15) is 65.2 Å². The van der Waals surface area contributed by atoms with Crippen molar-refractivity contribution in [2.75, 3.05) is 0 Å². The molecule has 1 saturated carbocycles. The summed E-state index contributed by atoms with van der Waals surface area (Å²) in [5, 5.41) is 9.58. The van der Waals surface area contributed by atoms with Crippen molar-refractivity contribution in [3.8, 4) is 6.07 Å². The lowest BCUT2D eigenvalue weighted by Crippen LogP contribution is -2.31. The standard InChI is InChI=1S/C15H25NO/c1-3-13-5-4-8-15(9-13,11-16)10-14-7-6-12(2)17-14/h12-14H,3-10H2,1-2H3.